The molecule has 0 spiro atoms. The van der Waals surface area contributed by atoms with Crippen molar-refractivity contribution in [2.24, 2.45) is 0 Å². The number of aryl methyl sites for hydroxylation is 1. The summed E-state index contributed by atoms with van der Waals surface area (Å²) in [6, 6.07) is 6.31. The number of nitrogens with zero attached hydrogens (tertiary/aromatic N) is 1. The molecule has 0 amide bonds. The molecule has 0 unspecified atom stereocenters. The summed E-state index contributed by atoms with van der Waals surface area (Å²) in [4.78, 5) is 0.234. The van der Waals surface area contributed by atoms with Crippen LogP contribution in [0.25, 0.3) is 0 Å². The molecule has 0 aromatic heterocycles. The van der Waals surface area contributed by atoms with Crippen LogP contribution in [0.1, 0.15) is 5.56 Å². The molecule has 7 heteroatoms. The lowest BCUT2D eigenvalue weighted by Crippen LogP contribution is -2.40. The van der Waals surface area contributed by atoms with E-state index in [1.807, 2.05) is 6.92 Å². The highest BCUT2D eigenvalue weighted by atomic mass is 32.2. The summed E-state index contributed by atoms with van der Waals surface area (Å²) in [5.74, 6) is 0. The first-order valence-electron chi connectivity index (χ1n) is 6.54. The third-order valence-corrected chi connectivity index (χ3v) is 5.28. The van der Waals surface area contributed by atoms with Gasteiger partial charge in [0.25, 0.3) is 0 Å². The van der Waals surface area contributed by atoms with Crippen LogP contribution in [-0.2, 0) is 10.0 Å². The highest BCUT2D eigenvalue weighted by Crippen LogP contribution is 2.21. The summed E-state index contributed by atoms with van der Waals surface area (Å²) >= 11 is 0. The van der Waals surface area contributed by atoms with Crippen molar-refractivity contribution in [2.75, 3.05) is 26.2 Å². The van der Waals surface area contributed by atoms with E-state index in [0.717, 1.165) is 5.56 Å². The number of hydrogen-bond donors (Lipinski definition) is 3. The van der Waals surface area contributed by atoms with Gasteiger partial charge < -0.3 is 15.5 Å². The molecule has 1 aromatic carbocycles. The largest absolute Gasteiger partial charge is 0.395 e. The molecule has 1 fully saturated rings. The monoisotopic (exact) mass is 300 g/mol. The van der Waals surface area contributed by atoms with Crippen molar-refractivity contribution < 1.29 is 18.6 Å². The van der Waals surface area contributed by atoms with E-state index in [1.54, 1.807) is 24.3 Å². The molecule has 0 saturated carbocycles. The van der Waals surface area contributed by atoms with E-state index in [0.29, 0.717) is 6.54 Å². The molecule has 2 rings (SSSR count). The Hall–Kier alpha value is -0.990. The highest BCUT2D eigenvalue weighted by Gasteiger charge is 2.38. The van der Waals surface area contributed by atoms with E-state index in [9.17, 15) is 13.5 Å². The fourth-order valence-electron chi connectivity index (χ4n) is 2.26. The second-order valence-electron chi connectivity index (χ2n) is 4.99. The Kier molecular flexibility index (Phi) is 4.77. The van der Waals surface area contributed by atoms with Crippen LogP contribution in [0.3, 0.4) is 0 Å². The SMILES string of the molecule is Cc1ccc(S(=O)(=O)N2C[C@H](NCCO)[C@@H](O)C2)cc1. The standard InChI is InChI=1S/C13H20N2O4S/c1-10-2-4-11(5-3-10)20(18,19)15-8-12(13(17)9-15)14-6-7-16/h2-5,12-14,16-17H,6-9H2,1H3/t12-,13-/m0/s1. The van der Waals surface area contributed by atoms with Crippen LogP contribution in [0.15, 0.2) is 29.2 Å². The number of β-amino-alcohol motifs (C(OH)–C–C–N with tert-alkyl or cyclic N) is 1. The molecule has 1 saturated heterocycles. The summed E-state index contributed by atoms with van der Waals surface area (Å²) in [5.41, 5.74) is 0.993. The average Bonchev–Trinajstić information content (AvgIpc) is 2.79. The Bertz CT molecular complexity index is 544. The maximum atomic E-state index is 12.4. The minimum absolute atomic E-state index is 0.0477. The first kappa shape index (κ1) is 15.4. The molecule has 0 radical (unpaired) electrons. The van der Waals surface area contributed by atoms with Gasteiger partial charge in [-0.1, -0.05) is 17.7 Å². The highest BCUT2D eigenvalue weighted by molar-refractivity contribution is 7.89. The van der Waals surface area contributed by atoms with Crippen LogP contribution in [-0.4, -0.2) is 61.3 Å². The van der Waals surface area contributed by atoms with Crippen molar-refractivity contribution in [3.05, 3.63) is 29.8 Å². The van der Waals surface area contributed by atoms with Crippen molar-refractivity contribution in [3.63, 3.8) is 0 Å². The third kappa shape index (κ3) is 3.18. The van der Waals surface area contributed by atoms with Gasteiger partial charge in [0.05, 0.1) is 17.6 Å². The van der Waals surface area contributed by atoms with Gasteiger partial charge in [-0.3, -0.25) is 0 Å². The van der Waals surface area contributed by atoms with E-state index in [-0.39, 0.29) is 30.6 Å². The minimum Gasteiger partial charge on any atom is -0.395 e. The Morgan fingerprint density at radius 2 is 1.95 bits per heavy atom. The second-order valence-corrected chi connectivity index (χ2v) is 6.92. The van der Waals surface area contributed by atoms with Gasteiger partial charge in [-0.15, -0.1) is 0 Å². The molecular formula is C13H20N2O4S. The number of hydrogen-bond acceptors (Lipinski definition) is 5. The molecule has 1 aromatic rings. The molecule has 3 N–H and O–H groups in total. The summed E-state index contributed by atoms with van der Waals surface area (Å²) < 4.78 is 26.2. The van der Waals surface area contributed by atoms with Crippen molar-refractivity contribution in [1.29, 1.82) is 0 Å². The maximum absolute atomic E-state index is 12.4. The van der Waals surface area contributed by atoms with Crippen LogP contribution >= 0.6 is 0 Å². The molecular weight excluding hydrogens is 280 g/mol. The van der Waals surface area contributed by atoms with Crippen LogP contribution in [0, 0.1) is 6.92 Å². The molecule has 2 atom stereocenters. The zero-order valence-corrected chi connectivity index (χ0v) is 12.2. The van der Waals surface area contributed by atoms with Gasteiger partial charge in [-0.05, 0) is 19.1 Å². The average molecular weight is 300 g/mol. The van der Waals surface area contributed by atoms with Gasteiger partial charge in [-0.25, -0.2) is 8.42 Å². The summed E-state index contributed by atoms with van der Waals surface area (Å²) in [7, 11) is -3.58. The van der Waals surface area contributed by atoms with Gasteiger partial charge in [0.1, 0.15) is 0 Å². The van der Waals surface area contributed by atoms with Crippen molar-refractivity contribution in [3.8, 4) is 0 Å². The molecule has 0 aliphatic carbocycles. The lowest BCUT2D eigenvalue weighted by atomic mass is 10.2. The molecule has 112 valence electrons. The predicted octanol–water partition coefficient (Wildman–Crippen LogP) is -0.689. The van der Waals surface area contributed by atoms with E-state index < -0.39 is 16.1 Å². The zero-order chi connectivity index (χ0) is 14.8. The third-order valence-electron chi connectivity index (χ3n) is 3.43. The van der Waals surface area contributed by atoms with E-state index in [2.05, 4.69) is 5.32 Å². The van der Waals surface area contributed by atoms with Crippen molar-refractivity contribution >= 4 is 10.0 Å². The lowest BCUT2D eigenvalue weighted by Gasteiger charge is -2.16. The fourth-order valence-corrected chi connectivity index (χ4v) is 3.74. The topological polar surface area (TPSA) is 89.9 Å². The predicted molar refractivity (Wildman–Crippen MR) is 74.8 cm³/mol. The van der Waals surface area contributed by atoms with E-state index >= 15 is 0 Å². The second kappa shape index (κ2) is 6.19. The van der Waals surface area contributed by atoms with Crippen LogP contribution in [0.5, 0.6) is 0 Å². The van der Waals surface area contributed by atoms with Gasteiger partial charge in [0, 0.05) is 25.7 Å². The Labute approximate surface area is 119 Å². The van der Waals surface area contributed by atoms with Crippen LogP contribution in [0.2, 0.25) is 0 Å². The zero-order valence-electron chi connectivity index (χ0n) is 11.4. The Balaban J connectivity index is 2.13. The number of nitrogens with one attached hydrogen (secondary N) is 1. The lowest BCUT2D eigenvalue weighted by molar-refractivity contribution is 0.156. The van der Waals surface area contributed by atoms with Gasteiger partial charge >= 0.3 is 0 Å². The van der Waals surface area contributed by atoms with Crippen molar-refractivity contribution in [1.82, 2.24) is 9.62 Å². The van der Waals surface area contributed by atoms with E-state index in [1.165, 1.54) is 4.31 Å². The minimum atomic E-state index is -3.58. The van der Waals surface area contributed by atoms with Gasteiger partial charge in [-0.2, -0.15) is 4.31 Å². The van der Waals surface area contributed by atoms with Gasteiger partial charge in [0.2, 0.25) is 10.0 Å². The number of aliphatic hydroxyl groups excluding tert-OH is 2. The summed E-state index contributed by atoms with van der Waals surface area (Å²) in [6.45, 7) is 2.45. The summed E-state index contributed by atoms with van der Waals surface area (Å²) in [5, 5.41) is 21.6. The number of sulfonamides is 1. The molecule has 20 heavy (non-hydrogen) atoms. The Morgan fingerprint density at radius 3 is 2.55 bits per heavy atom. The first-order chi connectivity index (χ1) is 9.45. The molecule has 6 nitrogen and oxygen atoms in total. The maximum Gasteiger partial charge on any atom is 0.243 e. The smallest absolute Gasteiger partial charge is 0.243 e. The first-order valence-corrected chi connectivity index (χ1v) is 7.98. The van der Waals surface area contributed by atoms with Crippen LogP contribution in [0.4, 0.5) is 0 Å². The molecule has 1 aliphatic heterocycles. The number of rotatable bonds is 5. The molecule has 1 heterocycles. The number of benzene rings is 1. The number of aliphatic hydroxyl groups is 2. The Morgan fingerprint density at radius 1 is 1.30 bits per heavy atom. The van der Waals surface area contributed by atoms with E-state index in [4.69, 9.17) is 5.11 Å². The van der Waals surface area contributed by atoms with Gasteiger partial charge in [0.15, 0.2) is 0 Å². The summed E-state index contributed by atoms with van der Waals surface area (Å²) in [6.07, 6.45) is -0.762. The normalized spacial score (nSPS) is 24.1. The quantitative estimate of drug-likeness (QED) is 0.670. The van der Waals surface area contributed by atoms with Crippen LogP contribution < -0.4 is 5.32 Å². The van der Waals surface area contributed by atoms with Crippen molar-refractivity contribution in [2.45, 2.75) is 24.0 Å². The fraction of sp³-hybridized carbons (Fsp3) is 0.538. The molecule has 1 aliphatic rings. The molecule has 0 bridgehead atoms.